The Morgan fingerprint density at radius 3 is 2.50 bits per heavy atom. The van der Waals surface area contributed by atoms with Crippen molar-refractivity contribution in [3.63, 3.8) is 0 Å². The van der Waals surface area contributed by atoms with Crippen molar-refractivity contribution in [2.24, 2.45) is 0 Å². The molecule has 0 spiro atoms. The number of nitrogens with one attached hydrogen (secondary N) is 1. The lowest BCUT2D eigenvalue weighted by Crippen LogP contribution is -2.34. The first-order valence-corrected chi connectivity index (χ1v) is 7.00. The Hall–Kier alpha value is -1.56. The topological polar surface area (TPSA) is 66.4 Å². The Morgan fingerprint density at radius 2 is 1.90 bits per heavy atom. The fourth-order valence-corrected chi connectivity index (χ4v) is 2.45. The van der Waals surface area contributed by atoms with Crippen molar-refractivity contribution >= 4 is 10.0 Å². The Bertz CT molecular complexity index is 615. The molecule has 0 heterocycles. The molecule has 0 radical (unpaired) electrons. The molecule has 1 rings (SSSR count). The van der Waals surface area contributed by atoms with E-state index in [-0.39, 0.29) is 23.5 Å². The van der Waals surface area contributed by atoms with Gasteiger partial charge in [0.05, 0.1) is 11.5 Å². The third kappa shape index (κ3) is 5.21. The molecule has 2 N–H and O–H groups in total. The summed E-state index contributed by atoms with van der Waals surface area (Å²) in [5.74, 6) is 5.03. The van der Waals surface area contributed by atoms with Gasteiger partial charge in [0.25, 0.3) is 0 Å². The van der Waals surface area contributed by atoms with Crippen LogP contribution < -0.4 is 4.72 Å². The van der Waals surface area contributed by atoms with Gasteiger partial charge in [0.2, 0.25) is 10.0 Å². The van der Waals surface area contributed by atoms with E-state index in [9.17, 15) is 21.6 Å². The Balaban J connectivity index is 3.04. The van der Waals surface area contributed by atoms with Crippen molar-refractivity contribution in [3.05, 3.63) is 29.8 Å². The Kier molecular flexibility index (Phi) is 5.56. The second-order valence-electron chi connectivity index (χ2n) is 3.71. The molecule has 4 nitrogen and oxygen atoms in total. The van der Waals surface area contributed by atoms with Crippen molar-refractivity contribution in [1.29, 1.82) is 0 Å². The van der Waals surface area contributed by atoms with E-state index in [0.29, 0.717) is 0 Å². The first kappa shape index (κ1) is 16.5. The summed E-state index contributed by atoms with van der Waals surface area (Å²) in [4.78, 5) is -0.324. The van der Waals surface area contributed by atoms with Gasteiger partial charge in [-0.1, -0.05) is 24.0 Å². The van der Waals surface area contributed by atoms with E-state index in [2.05, 4.69) is 11.8 Å². The number of hydrogen-bond donors (Lipinski definition) is 2. The van der Waals surface area contributed by atoms with E-state index in [0.717, 1.165) is 0 Å². The van der Waals surface area contributed by atoms with Crippen LogP contribution in [0, 0.1) is 11.8 Å². The van der Waals surface area contributed by atoms with Crippen molar-refractivity contribution in [2.45, 2.75) is 17.5 Å². The van der Waals surface area contributed by atoms with Gasteiger partial charge in [0, 0.05) is 12.0 Å². The van der Waals surface area contributed by atoms with Crippen LogP contribution in [0.4, 0.5) is 13.2 Å². The largest absolute Gasteiger partial charge is 0.402 e. The van der Waals surface area contributed by atoms with E-state index in [4.69, 9.17) is 5.11 Å². The first-order chi connectivity index (χ1) is 9.26. The van der Waals surface area contributed by atoms with Crippen LogP contribution in [-0.2, 0) is 10.0 Å². The second-order valence-corrected chi connectivity index (χ2v) is 5.45. The Labute approximate surface area is 114 Å². The smallest absolute Gasteiger partial charge is 0.395 e. The normalized spacial score (nSPS) is 11.8. The highest BCUT2D eigenvalue weighted by Gasteiger charge is 2.30. The molecule has 0 unspecified atom stereocenters. The van der Waals surface area contributed by atoms with Crippen LogP contribution in [0.5, 0.6) is 0 Å². The van der Waals surface area contributed by atoms with Crippen LogP contribution in [0.1, 0.15) is 12.0 Å². The van der Waals surface area contributed by atoms with Crippen molar-refractivity contribution in [3.8, 4) is 11.8 Å². The predicted molar refractivity (Wildman–Crippen MR) is 66.3 cm³/mol. The lowest BCUT2D eigenvalue weighted by Gasteiger charge is -2.10. The van der Waals surface area contributed by atoms with E-state index >= 15 is 0 Å². The number of benzene rings is 1. The molecule has 0 saturated heterocycles. The number of halogens is 3. The minimum Gasteiger partial charge on any atom is -0.395 e. The molecule has 1 aromatic carbocycles. The summed E-state index contributed by atoms with van der Waals surface area (Å²) in [5.41, 5.74) is 0.0793. The zero-order valence-corrected chi connectivity index (χ0v) is 11.1. The monoisotopic (exact) mass is 307 g/mol. The molecule has 0 saturated carbocycles. The molecule has 0 aromatic heterocycles. The Morgan fingerprint density at radius 1 is 1.25 bits per heavy atom. The molecule has 0 aliphatic carbocycles. The number of aliphatic hydroxyl groups excluding tert-OH is 1. The molecule has 0 aliphatic rings. The zero-order chi connectivity index (χ0) is 15.2. The van der Waals surface area contributed by atoms with Crippen molar-refractivity contribution in [2.75, 3.05) is 13.2 Å². The van der Waals surface area contributed by atoms with Gasteiger partial charge in [0.15, 0.2) is 0 Å². The molecule has 8 heteroatoms. The van der Waals surface area contributed by atoms with Gasteiger partial charge in [-0.25, -0.2) is 13.1 Å². The zero-order valence-electron chi connectivity index (χ0n) is 10.2. The summed E-state index contributed by atoms with van der Waals surface area (Å²) >= 11 is 0. The third-order valence-corrected chi connectivity index (χ3v) is 3.56. The molecule has 0 bridgehead atoms. The number of sulfonamides is 1. The molecule has 0 fully saturated rings. The standard InChI is InChI=1S/C12H12F3NO3S/c13-12(14,15)9-16-20(18,19)11-7-2-1-5-10(11)6-3-4-8-17/h1-2,5,7,16-17H,4,8-9H2. The van der Waals surface area contributed by atoms with E-state index in [1.165, 1.54) is 29.0 Å². The van der Waals surface area contributed by atoms with E-state index in [1.807, 2.05) is 0 Å². The van der Waals surface area contributed by atoms with Crippen molar-refractivity contribution < 1.29 is 26.7 Å². The minimum atomic E-state index is -4.63. The summed E-state index contributed by atoms with van der Waals surface area (Å²) in [6, 6.07) is 5.46. The van der Waals surface area contributed by atoms with Crippen LogP contribution in [0.25, 0.3) is 0 Å². The van der Waals surface area contributed by atoms with Gasteiger partial charge in [-0.05, 0) is 12.1 Å². The summed E-state index contributed by atoms with van der Waals surface area (Å²) in [7, 11) is -4.30. The molecule has 0 atom stereocenters. The summed E-state index contributed by atoms with van der Waals surface area (Å²) in [5, 5.41) is 8.59. The van der Waals surface area contributed by atoms with Crippen LogP contribution >= 0.6 is 0 Å². The highest BCUT2D eigenvalue weighted by Crippen LogP contribution is 2.17. The van der Waals surface area contributed by atoms with Gasteiger partial charge in [-0.15, -0.1) is 0 Å². The van der Waals surface area contributed by atoms with Gasteiger partial charge < -0.3 is 5.11 Å². The molecule has 1 aromatic rings. The van der Waals surface area contributed by atoms with Crippen LogP contribution in [-0.4, -0.2) is 32.9 Å². The maximum absolute atomic E-state index is 12.1. The van der Waals surface area contributed by atoms with Gasteiger partial charge in [-0.2, -0.15) is 13.2 Å². The van der Waals surface area contributed by atoms with E-state index in [1.54, 1.807) is 0 Å². The molecule has 0 aliphatic heterocycles. The number of aliphatic hydroxyl groups is 1. The van der Waals surface area contributed by atoms with Crippen LogP contribution in [0.3, 0.4) is 0 Å². The number of hydrogen-bond acceptors (Lipinski definition) is 3. The first-order valence-electron chi connectivity index (χ1n) is 5.51. The average Bonchev–Trinajstić information content (AvgIpc) is 2.37. The quantitative estimate of drug-likeness (QED) is 0.823. The van der Waals surface area contributed by atoms with Gasteiger partial charge in [-0.3, -0.25) is 0 Å². The van der Waals surface area contributed by atoms with Gasteiger partial charge >= 0.3 is 6.18 Å². The second kappa shape index (κ2) is 6.74. The van der Waals surface area contributed by atoms with Crippen molar-refractivity contribution in [1.82, 2.24) is 4.72 Å². The fourth-order valence-electron chi connectivity index (χ4n) is 1.27. The van der Waals surface area contributed by atoms with Crippen LogP contribution in [0.15, 0.2) is 29.2 Å². The highest BCUT2D eigenvalue weighted by atomic mass is 32.2. The van der Waals surface area contributed by atoms with Gasteiger partial charge in [0.1, 0.15) is 6.54 Å². The summed E-state index contributed by atoms with van der Waals surface area (Å²) in [6.45, 7) is -1.83. The molecule has 0 amide bonds. The predicted octanol–water partition coefficient (Wildman–Crippen LogP) is 1.26. The maximum Gasteiger partial charge on any atom is 0.402 e. The third-order valence-electron chi connectivity index (χ3n) is 2.10. The lowest BCUT2D eigenvalue weighted by atomic mass is 10.2. The summed E-state index contributed by atoms with van der Waals surface area (Å²) in [6.07, 6.45) is -4.49. The number of rotatable bonds is 4. The minimum absolute atomic E-state index is 0.0793. The molecule has 110 valence electrons. The summed E-state index contributed by atoms with van der Waals surface area (Å²) < 4.78 is 61.3. The fraction of sp³-hybridized carbons (Fsp3) is 0.333. The average molecular weight is 307 g/mol. The molecular formula is C12H12F3NO3S. The molecular weight excluding hydrogens is 295 g/mol. The van der Waals surface area contributed by atoms with Crippen LogP contribution in [0.2, 0.25) is 0 Å². The SMILES string of the molecule is O=S(=O)(NCC(F)(F)F)c1ccccc1C#CCCO. The maximum atomic E-state index is 12.1. The van der Waals surface area contributed by atoms with E-state index < -0.39 is 22.7 Å². The highest BCUT2D eigenvalue weighted by molar-refractivity contribution is 7.89. The molecule has 20 heavy (non-hydrogen) atoms. The number of alkyl halides is 3. The lowest BCUT2D eigenvalue weighted by molar-refractivity contribution is -0.121.